The zero-order valence-corrected chi connectivity index (χ0v) is 7.62. The molecule has 0 amide bonds. The van der Waals surface area contributed by atoms with Crippen LogP contribution in [0.5, 0.6) is 0 Å². The summed E-state index contributed by atoms with van der Waals surface area (Å²) in [5, 5.41) is 3.22. The van der Waals surface area contributed by atoms with Crippen LogP contribution in [0.15, 0.2) is 10.9 Å². The van der Waals surface area contributed by atoms with Crippen molar-refractivity contribution < 1.29 is 0 Å². The second kappa shape index (κ2) is 2.50. The van der Waals surface area contributed by atoms with Crippen LogP contribution in [-0.4, -0.2) is 9.78 Å². The molecule has 0 saturated heterocycles. The molecular weight excluding hydrogens is 164 g/mol. The molecule has 1 aromatic heterocycles. The Balaban J connectivity index is 1.85. The normalized spacial score (nSPS) is 22.2. The molecule has 13 heavy (non-hydrogen) atoms. The molecule has 1 N–H and O–H groups in total. The van der Waals surface area contributed by atoms with E-state index in [1.807, 2.05) is 0 Å². The van der Waals surface area contributed by atoms with E-state index in [1.165, 1.54) is 25.7 Å². The van der Waals surface area contributed by atoms with E-state index in [-0.39, 0.29) is 5.56 Å². The van der Waals surface area contributed by atoms with Gasteiger partial charge in [0, 0.05) is 24.2 Å². The van der Waals surface area contributed by atoms with E-state index in [0.29, 0.717) is 5.92 Å². The summed E-state index contributed by atoms with van der Waals surface area (Å²) in [5.41, 5.74) is 1.32. The Bertz CT molecular complexity index is 369. The molecule has 3 heteroatoms. The van der Waals surface area contributed by atoms with Crippen LogP contribution < -0.4 is 5.56 Å². The lowest BCUT2D eigenvalue weighted by molar-refractivity contribution is 0.542. The molecule has 0 spiro atoms. The molecule has 0 atom stereocenters. The molecule has 1 heterocycles. The molecule has 0 radical (unpaired) electrons. The van der Waals surface area contributed by atoms with Gasteiger partial charge in [-0.05, 0) is 31.6 Å². The van der Waals surface area contributed by atoms with Crippen molar-refractivity contribution in [1.29, 1.82) is 0 Å². The van der Waals surface area contributed by atoms with E-state index in [2.05, 4.69) is 5.10 Å². The maximum absolute atomic E-state index is 11.5. The van der Waals surface area contributed by atoms with Crippen LogP contribution in [0.3, 0.4) is 0 Å². The number of H-pyrrole nitrogens is 1. The molecule has 0 aliphatic heterocycles. The van der Waals surface area contributed by atoms with Gasteiger partial charge >= 0.3 is 0 Å². The fraction of sp³-hybridized carbons (Fsp3) is 0.700. The molecule has 0 bridgehead atoms. The highest BCUT2D eigenvalue weighted by molar-refractivity contribution is 5.12. The van der Waals surface area contributed by atoms with Gasteiger partial charge in [0.1, 0.15) is 0 Å². The fourth-order valence-electron chi connectivity index (χ4n) is 1.75. The number of nitrogens with zero attached hydrogens (tertiary/aromatic N) is 1. The second-order valence-electron chi connectivity index (χ2n) is 4.38. The van der Waals surface area contributed by atoms with Crippen molar-refractivity contribution >= 4 is 0 Å². The Morgan fingerprint density at radius 2 is 2.15 bits per heavy atom. The van der Waals surface area contributed by atoms with Gasteiger partial charge in [0.2, 0.25) is 0 Å². The van der Waals surface area contributed by atoms with Crippen LogP contribution in [0.4, 0.5) is 0 Å². The van der Waals surface area contributed by atoms with Gasteiger partial charge in [-0.2, -0.15) is 0 Å². The number of hydrogen-bond donors (Lipinski definition) is 1. The van der Waals surface area contributed by atoms with Crippen molar-refractivity contribution in [2.24, 2.45) is 5.92 Å². The smallest absolute Gasteiger partial charge is 0.266 e. The highest BCUT2D eigenvalue weighted by Crippen LogP contribution is 2.38. The van der Waals surface area contributed by atoms with Crippen LogP contribution in [0.2, 0.25) is 0 Å². The van der Waals surface area contributed by atoms with Crippen LogP contribution in [0, 0.1) is 5.92 Å². The van der Waals surface area contributed by atoms with Gasteiger partial charge in [0.15, 0.2) is 0 Å². The predicted octanol–water partition coefficient (Wildman–Crippen LogP) is 1.46. The summed E-state index contributed by atoms with van der Waals surface area (Å²) in [6.45, 7) is 0.908. The summed E-state index contributed by atoms with van der Waals surface area (Å²) in [7, 11) is 0. The van der Waals surface area contributed by atoms with Crippen molar-refractivity contribution in [2.75, 3.05) is 0 Å². The maximum atomic E-state index is 11.5. The number of nitrogens with one attached hydrogen (secondary N) is 1. The van der Waals surface area contributed by atoms with Crippen LogP contribution in [0.1, 0.15) is 37.3 Å². The molecule has 2 fully saturated rings. The van der Waals surface area contributed by atoms with Crippen molar-refractivity contribution in [3.63, 3.8) is 0 Å². The number of aromatic amines is 1. The standard InChI is InChI=1S/C10H14N2O/c13-10-5-9(8-3-4-8)11-12(10)6-7-1-2-7/h5,7-8,11H,1-4,6H2. The molecule has 0 unspecified atom stereocenters. The Morgan fingerprint density at radius 1 is 1.38 bits per heavy atom. The molecule has 2 aliphatic carbocycles. The van der Waals surface area contributed by atoms with Crippen LogP contribution >= 0.6 is 0 Å². The average Bonchev–Trinajstić information content (AvgIpc) is 2.97. The van der Waals surface area contributed by atoms with Crippen LogP contribution in [0.25, 0.3) is 0 Å². The fourth-order valence-corrected chi connectivity index (χ4v) is 1.75. The first kappa shape index (κ1) is 7.42. The molecule has 0 aromatic carbocycles. The topological polar surface area (TPSA) is 37.8 Å². The average molecular weight is 178 g/mol. The minimum atomic E-state index is 0.161. The van der Waals surface area contributed by atoms with Gasteiger partial charge in [-0.15, -0.1) is 0 Å². The lowest BCUT2D eigenvalue weighted by Gasteiger charge is -1.98. The van der Waals surface area contributed by atoms with Gasteiger partial charge in [-0.1, -0.05) is 0 Å². The first-order valence-corrected chi connectivity index (χ1v) is 5.12. The molecule has 2 saturated carbocycles. The van der Waals surface area contributed by atoms with Gasteiger partial charge in [-0.25, -0.2) is 0 Å². The highest BCUT2D eigenvalue weighted by atomic mass is 16.1. The second-order valence-corrected chi connectivity index (χ2v) is 4.38. The monoisotopic (exact) mass is 178 g/mol. The van der Waals surface area contributed by atoms with Crippen molar-refractivity contribution in [2.45, 2.75) is 38.1 Å². The molecule has 3 rings (SSSR count). The van der Waals surface area contributed by atoms with E-state index in [9.17, 15) is 4.79 Å². The summed E-state index contributed by atoms with van der Waals surface area (Å²) in [6, 6.07) is 1.78. The third-order valence-electron chi connectivity index (χ3n) is 2.96. The van der Waals surface area contributed by atoms with E-state index in [1.54, 1.807) is 10.7 Å². The molecule has 2 aliphatic rings. The third-order valence-corrected chi connectivity index (χ3v) is 2.96. The van der Waals surface area contributed by atoms with Crippen molar-refractivity contribution in [3.05, 3.63) is 22.1 Å². The molecule has 70 valence electrons. The number of rotatable bonds is 3. The summed E-state index contributed by atoms with van der Waals surface area (Å²) in [4.78, 5) is 11.5. The van der Waals surface area contributed by atoms with E-state index >= 15 is 0 Å². The summed E-state index contributed by atoms with van der Waals surface area (Å²) < 4.78 is 1.78. The van der Waals surface area contributed by atoms with Gasteiger partial charge in [-0.3, -0.25) is 14.6 Å². The summed E-state index contributed by atoms with van der Waals surface area (Å²) in [6.07, 6.45) is 5.10. The number of aromatic nitrogens is 2. The maximum Gasteiger partial charge on any atom is 0.266 e. The highest BCUT2D eigenvalue weighted by Gasteiger charge is 2.27. The zero-order chi connectivity index (χ0) is 8.84. The Hall–Kier alpha value is -0.990. The van der Waals surface area contributed by atoms with Gasteiger partial charge < -0.3 is 0 Å². The SMILES string of the molecule is O=c1cc(C2CC2)[nH]n1CC1CC1. The molecular formula is C10H14N2O. The Labute approximate surface area is 76.7 Å². The quantitative estimate of drug-likeness (QED) is 0.747. The predicted molar refractivity (Wildman–Crippen MR) is 49.8 cm³/mol. The number of hydrogen-bond acceptors (Lipinski definition) is 1. The van der Waals surface area contributed by atoms with Gasteiger partial charge in [0.05, 0.1) is 0 Å². The third kappa shape index (κ3) is 1.43. The lowest BCUT2D eigenvalue weighted by Crippen LogP contribution is -2.16. The lowest BCUT2D eigenvalue weighted by atomic mass is 10.3. The largest absolute Gasteiger partial charge is 0.299 e. The Morgan fingerprint density at radius 3 is 2.77 bits per heavy atom. The van der Waals surface area contributed by atoms with Crippen LogP contribution in [-0.2, 0) is 6.54 Å². The summed E-state index contributed by atoms with van der Waals surface area (Å²) >= 11 is 0. The minimum absolute atomic E-state index is 0.161. The van der Waals surface area contributed by atoms with E-state index in [0.717, 1.165) is 18.2 Å². The molecule has 3 nitrogen and oxygen atoms in total. The molecule has 1 aromatic rings. The van der Waals surface area contributed by atoms with Crippen molar-refractivity contribution in [1.82, 2.24) is 9.78 Å². The first-order valence-electron chi connectivity index (χ1n) is 5.12. The Kier molecular flexibility index (Phi) is 1.43. The van der Waals surface area contributed by atoms with Crippen molar-refractivity contribution in [3.8, 4) is 0 Å². The minimum Gasteiger partial charge on any atom is -0.299 e. The first-order chi connectivity index (χ1) is 6.33. The van der Waals surface area contributed by atoms with E-state index in [4.69, 9.17) is 0 Å². The zero-order valence-electron chi connectivity index (χ0n) is 7.62. The van der Waals surface area contributed by atoms with Gasteiger partial charge in [0.25, 0.3) is 5.56 Å². The van der Waals surface area contributed by atoms with E-state index < -0.39 is 0 Å². The summed E-state index contributed by atoms with van der Waals surface area (Å²) in [5.74, 6) is 1.43.